The number of hydrogen-bond donors (Lipinski definition) is 1. The number of ether oxygens (including phenoxy) is 1. The van der Waals surface area contributed by atoms with Gasteiger partial charge in [-0.15, -0.1) is 0 Å². The van der Waals surface area contributed by atoms with E-state index in [-0.39, 0.29) is 42.1 Å². The van der Waals surface area contributed by atoms with Gasteiger partial charge in [0.05, 0.1) is 29.4 Å². The van der Waals surface area contributed by atoms with E-state index in [2.05, 4.69) is 4.90 Å². The minimum Gasteiger partial charge on any atom is -0.390 e. The molecule has 2 aromatic rings. The summed E-state index contributed by atoms with van der Waals surface area (Å²) in [4.78, 5) is 2.22. The van der Waals surface area contributed by atoms with Gasteiger partial charge in [-0.1, -0.05) is 17.7 Å². The van der Waals surface area contributed by atoms with Crippen LogP contribution in [0.3, 0.4) is 0 Å². The van der Waals surface area contributed by atoms with Crippen molar-refractivity contribution in [1.82, 2.24) is 4.90 Å². The SMILES string of the molecule is CC(C)(O)C1CCN2CC(OCc3cc(C(F)(F)F)cc(C(F)(F)F)c3)CC2C1.Cc1ccc(F)cc1. The fourth-order valence-electron chi connectivity index (χ4n) is 4.84. The minimum absolute atomic E-state index is 0.121. The number of fused-ring (bicyclic) bond motifs is 1. The predicted octanol–water partition coefficient (Wildman–Crippen LogP) is 7.00. The number of halogens is 7. The van der Waals surface area contributed by atoms with Gasteiger partial charge in [0.1, 0.15) is 5.82 Å². The summed E-state index contributed by atoms with van der Waals surface area (Å²) in [6, 6.07) is 8.15. The monoisotopic (exact) mass is 535 g/mol. The van der Waals surface area contributed by atoms with Crippen LogP contribution in [0.2, 0.25) is 0 Å². The zero-order valence-electron chi connectivity index (χ0n) is 21.0. The van der Waals surface area contributed by atoms with Gasteiger partial charge in [0.15, 0.2) is 0 Å². The normalized spacial score (nSPS) is 22.8. The van der Waals surface area contributed by atoms with Gasteiger partial charge in [-0.3, -0.25) is 4.90 Å². The summed E-state index contributed by atoms with van der Waals surface area (Å²) < 4.78 is 95.6. The van der Waals surface area contributed by atoms with E-state index in [9.17, 15) is 35.8 Å². The van der Waals surface area contributed by atoms with E-state index >= 15 is 0 Å². The molecule has 0 saturated carbocycles. The first-order valence-electron chi connectivity index (χ1n) is 12.1. The zero-order chi connectivity index (χ0) is 27.6. The van der Waals surface area contributed by atoms with Crippen LogP contribution in [0.1, 0.15) is 55.4 Å². The highest BCUT2D eigenvalue weighted by Gasteiger charge is 2.41. The van der Waals surface area contributed by atoms with Crippen LogP contribution in [-0.2, 0) is 23.7 Å². The number of alkyl halides is 6. The van der Waals surface area contributed by atoms with E-state index in [0.29, 0.717) is 25.1 Å². The van der Waals surface area contributed by atoms with E-state index in [1.54, 1.807) is 26.0 Å². The summed E-state index contributed by atoms with van der Waals surface area (Å²) in [6.07, 6.45) is -7.70. The number of rotatable bonds is 4. The van der Waals surface area contributed by atoms with E-state index in [4.69, 9.17) is 4.74 Å². The number of aliphatic hydroxyl groups is 1. The maximum Gasteiger partial charge on any atom is 0.416 e. The van der Waals surface area contributed by atoms with Crippen molar-refractivity contribution in [2.45, 2.75) is 76.7 Å². The molecule has 2 saturated heterocycles. The van der Waals surface area contributed by atoms with Crippen LogP contribution in [0.5, 0.6) is 0 Å². The highest BCUT2D eigenvalue weighted by molar-refractivity contribution is 5.33. The van der Waals surface area contributed by atoms with Crippen LogP contribution >= 0.6 is 0 Å². The van der Waals surface area contributed by atoms with Gasteiger partial charge in [0, 0.05) is 12.6 Å². The summed E-state index contributed by atoms with van der Waals surface area (Å²) in [5.74, 6) is -0.0177. The van der Waals surface area contributed by atoms with Crippen molar-refractivity contribution in [3.05, 3.63) is 70.5 Å². The first-order valence-corrected chi connectivity index (χ1v) is 12.1. The lowest BCUT2D eigenvalue weighted by atomic mass is 9.80. The Hall–Kier alpha value is -2.17. The molecule has 2 aromatic carbocycles. The molecule has 0 aromatic heterocycles. The van der Waals surface area contributed by atoms with Gasteiger partial charge < -0.3 is 9.84 Å². The highest BCUT2D eigenvalue weighted by atomic mass is 19.4. The van der Waals surface area contributed by atoms with Crippen LogP contribution < -0.4 is 0 Å². The summed E-state index contributed by atoms with van der Waals surface area (Å²) in [6.45, 7) is 6.56. The van der Waals surface area contributed by atoms with Crippen LogP contribution in [0.15, 0.2) is 42.5 Å². The van der Waals surface area contributed by atoms with Crippen LogP contribution in [0.4, 0.5) is 30.7 Å². The smallest absolute Gasteiger partial charge is 0.390 e. The van der Waals surface area contributed by atoms with E-state index in [1.165, 1.54) is 12.1 Å². The summed E-state index contributed by atoms with van der Waals surface area (Å²) in [5.41, 5.74) is -2.50. The molecule has 10 heteroatoms. The molecule has 3 unspecified atom stereocenters. The Bertz CT molecular complexity index is 976. The Morgan fingerprint density at radius 1 is 0.919 bits per heavy atom. The Morgan fingerprint density at radius 2 is 1.49 bits per heavy atom. The Labute approximate surface area is 212 Å². The molecule has 206 valence electrons. The number of nitrogens with zero attached hydrogens (tertiary/aromatic N) is 1. The maximum atomic E-state index is 13.0. The van der Waals surface area contributed by atoms with Crippen LogP contribution in [-0.4, -0.2) is 40.8 Å². The van der Waals surface area contributed by atoms with Gasteiger partial charge in [-0.05, 0) is 88.4 Å². The molecule has 3 nitrogen and oxygen atoms in total. The van der Waals surface area contributed by atoms with Crippen molar-refractivity contribution in [3.8, 4) is 0 Å². The fourth-order valence-corrected chi connectivity index (χ4v) is 4.84. The third kappa shape index (κ3) is 8.41. The number of hydrogen-bond acceptors (Lipinski definition) is 3. The van der Waals surface area contributed by atoms with Crippen molar-refractivity contribution < 1.29 is 40.6 Å². The third-order valence-electron chi connectivity index (χ3n) is 6.95. The number of piperidine rings is 1. The Kier molecular flexibility index (Phi) is 8.97. The molecule has 1 N–H and O–H groups in total. The van der Waals surface area contributed by atoms with Crippen LogP contribution in [0.25, 0.3) is 0 Å². The molecule has 0 amide bonds. The lowest BCUT2D eigenvalue weighted by Gasteiger charge is -2.39. The molecular weight excluding hydrogens is 503 g/mol. The van der Waals surface area contributed by atoms with Crippen molar-refractivity contribution >= 4 is 0 Å². The quantitative estimate of drug-likeness (QED) is 0.428. The second kappa shape index (κ2) is 11.3. The number of aryl methyl sites for hydroxylation is 1. The first-order chi connectivity index (χ1) is 17.0. The van der Waals surface area contributed by atoms with Gasteiger partial charge in [-0.2, -0.15) is 26.3 Å². The second-order valence-electron chi connectivity index (χ2n) is 10.4. The van der Waals surface area contributed by atoms with E-state index in [1.807, 2.05) is 6.92 Å². The van der Waals surface area contributed by atoms with Gasteiger partial charge in [0.2, 0.25) is 0 Å². The molecule has 4 rings (SSSR count). The Balaban J connectivity index is 0.000000405. The van der Waals surface area contributed by atoms with E-state index in [0.717, 1.165) is 24.9 Å². The molecule has 0 spiro atoms. The van der Waals surface area contributed by atoms with Crippen molar-refractivity contribution in [2.24, 2.45) is 5.92 Å². The highest BCUT2D eigenvalue weighted by Crippen LogP contribution is 2.38. The molecular formula is C27H32F7NO2. The molecule has 2 heterocycles. The number of benzene rings is 2. The topological polar surface area (TPSA) is 32.7 Å². The zero-order valence-corrected chi connectivity index (χ0v) is 21.0. The maximum absolute atomic E-state index is 13.0. The molecule has 2 aliphatic rings. The molecule has 0 radical (unpaired) electrons. The second-order valence-corrected chi connectivity index (χ2v) is 10.4. The van der Waals surface area contributed by atoms with Crippen LogP contribution in [0, 0.1) is 18.7 Å². The molecule has 3 atom stereocenters. The molecule has 0 aliphatic carbocycles. The summed E-state index contributed by atoms with van der Waals surface area (Å²) in [7, 11) is 0. The van der Waals surface area contributed by atoms with Gasteiger partial charge in [-0.25, -0.2) is 4.39 Å². The molecule has 0 bridgehead atoms. The lowest BCUT2D eigenvalue weighted by Crippen LogP contribution is -2.44. The van der Waals surface area contributed by atoms with E-state index < -0.39 is 29.1 Å². The fraction of sp³-hybridized carbons (Fsp3) is 0.556. The van der Waals surface area contributed by atoms with Crippen molar-refractivity contribution in [2.75, 3.05) is 13.1 Å². The minimum atomic E-state index is -4.86. The third-order valence-corrected chi connectivity index (χ3v) is 6.95. The first kappa shape index (κ1) is 29.4. The molecule has 2 fully saturated rings. The van der Waals surface area contributed by atoms with Gasteiger partial charge >= 0.3 is 12.4 Å². The average Bonchev–Trinajstić information content (AvgIpc) is 3.20. The molecule has 2 aliphatic heterocycles. The summed E-state index contributed by atoms with van der Waals surface area (Å²) >= 11 is 0. The Morgan fingerprint density at radius 3 is 1.97 bits per heavy atom. The standard InChI is InChI=1S/C20H25F6NO2.C7H7F/c1-18(2,28)13-3-4-27-10-17(9-16(27)8-13)29-11-12-5-14(19(21,22)23)7-15(6-12)20(24,25)26;1-6-2-4-7(8)5-3-6/h5-7,13,16-17,28H,3-4,8-11H2,1-2H3;2-5H,1H3. The average molecular weight is 536 g/mol. The molecule has 37 heavy (non-hydrogen) atoms. The van der Waals surface area contributed by atoms with Gasteiger partial charge in [0.25, 0.3) is 0 Å². The summed E-state index contributed by atoms with van der Waals surface area (Å²) in [5, 5.41) is 10.2. The lowest BCUT2D eigenvalue weighted by molar-refractivity contribution is -0.143. The predicted molar refractivity (Wildman–Crippen MR) is 125 cm³/mol. The van der Waals surface area contributed by atoms with Crippen molar-refractivity contribution in [1.29, 1.82) is 0 Å². The van der Waals surface area contributed by atoms with Crippen molar-refractivity contribution in [3.63, 3.8) is 0 Å². The largest absolute Gasteiger partial charge is 0.416 e.